The van der Waals surface area contributed by atoms with E-state index >= 15 is 0 Å². The molecule has 1 aliphatic rings. The molecule has 0 radical (unpaired) electrons. The van der Waals surface area contributed by atoms with Gasteiger partial charge in [0.1, 0.15) is 5.60 Å². The van der Waals surface area contributed by atoms with Crippen molar-refractivity contribution in [2.75, 3.05) is 20.2 Å². The number of hydrogen-bond acceptors (Lipinski definition) is 3. The average molecular weight is 214 g/mol. The molecule has 0 spiro atoms. The molecule has 2 unspecified atom stereocenters. The van der Waals surface area contributed by atoms with Gasteiger partial charge in [0.2, 0.25) is 0 Å². The smallest absolute Gasteiger partial charge is 0.251 e. The van der Waals surface area contributed by atoms with E-state index in [9.17, 15) is 4.79 Å². The molecule has 4 nitrogen and oxygen atoms in total. The minimum atomic E-state index is -0.735. The van der Waals surface area contributed by atoms with Crippen molar-refractivity contribution in [1.82, 2.24) is 10.6 Å². The summed E-state index contributed by atoms with van der Waals surface area (Å²) < 4.78 is 5.14. The fourth-order valence-electron chi connectivity index (χ4n) is 1.72. The maximum atomic E-state index is 11.8. The number of hydrogen-bond donors (Lipinski definition) is 2. The Morgan fingerprint density at radius 3 is 2.67 bits per heavy atom. The van der Waals surface area contributed by atoms with E-state index in [-0.39, 0.29) is 11.9 Å². The number of ether oxygens (including phenoxy) is 1. The van der Waals surface area contributed by atoms with Crippen LogP contribution in [0.4, 0.5) is 0 Å². The third-order valence-electron chi connectivity index (χ3n) is 2.96. The van der Waals surface area contributed by atoms with Crippen molar-refractivity contribution < 1.29 is 9.53 Å². The Morgan fingerprint density at radius 1 is 1.47 bits per heavy atom. The van der Waals surface area contributed by atoms with Crippen LogP contribution in [0.1, 0.15) is 27.2 Å². The molecule has 2 N–H and O–H groups in total. The maximum Gasteiger partial charge on any atom is 0.251 e. The second kappa shape index (κ2) is 4.94. The van der Waals surface area contributed by atoms with E-state index in [0.29, 0.717) is 5.92 Å². The fourth-order valence-corrected chi connectivity index (χ4v) is 1.72. The molecule has 0 aliphatic carbocycles. The molecule has 2 atom stereocenters. The molecular formula is C11H22N2O2. The second-order valence-corrected chi connectivity index (χ2v) is 4.88. The molecule has 15 heavy (non-hydrogen) atoms. The average Bonchev–Trinajstić information content (AvgIpc) is 2.17. The predicted octanol–water partition coefficient (Wildman–Crippen LogP) is 0.526. The summed E-state index contributed by atoms with van der Waals surface area (Å²) in [6, 6.07) is 0.232. The van der Waals surface area contributed by atoms with Crippen LogP contribution in [0.3, 0.4) is 0 Å². The van der Waals surface area contributed by atoms with Gasteiger partial charge >= 0.3 is 0 Å². The number of piperidine rings is 1. The predicted molar refractivity (Wildman–Crippen MR) is 59.7 cm³/mol. The normalized spacial score (nSPS) is 27.5. The van der Waals surface area contributed by atoms with Gasteiger partial charge in [0.05, 0.1) is 0 Å². The second-order valence-electron chi connectivity index (χ2n) is 4.88. The van der Waals surface area contributed by atoms with Gasteiger partial charge < -0.3 is 15.4 Å². The van der Waals surface area contributed by atoms with Gasteiger partial charge in [-0.05, 0) is 32.7 Å². The summed E-state index contributed by atoms with van der Waals surface area (Å²) in [6.45, 7) is 7.65. The Balaban J connectivity index is 2.44. The van der Waals surface area contributed by atoms with Gasteiger partial charge in [0.25, 0.3) is 5.91 Å². The Labute approximate surface area is 91.8 Å². The summed E-state index contributed by atoms with van der Waals surface area (Å²) in [5.41, 5.74) is -0.735. The minimum absolute atomic E-state index is 0.0362. The Bertz CT molecular complexity index is 229. The summed E-state index contributed by atoms with van der Waals surface area (Å²) in [7, 11) is 1.56. The lowest BCUT2D eigenvalue weighted by molar-refractivity contribution is -0.140. The molecular weight excluding hydrogens is 192 g/mol. The van der Waals surface area contributed by atoms with Gasteiger partial charge in [0.15, 0.2) is 0 Å². The highest BCUT2D eigenvalue weighted by Gasteiger charge is 2.30. The summed E-state index contributed by atoms with van der Waals surface area (Å²) in [4.78, 5) is 11.8. The van der Waals surface area contributed by atoms with Crippen molar-refractivity contribution in [3.8, 4) is 0 Å². The quantitative estimate of drug-likeness (QED) is 0.720. The summed E-state index contributed by atoms with van der Waals surface area (Å²) in [6.07, 6.45) is 1.04. The monoisotopic (exact) mass is 214 g/mol. The lowest BCUT2D eigenvalue weighted by atomic mass is 9.97. The molecule has 1 aliphatic heterocycles. The summed E-state index contributed by atoms with van der Waals surface area (Å²) in [5.74, 6) is 0.584. The zero-order chi connectivity index (χ0) is 11.5. The Morgan fingerprint density at radius 2 is 2.13 bits per heavy atom. The lowest BCUT2D eigenvalue weighted by Gasteiger charge is -2.31. The highest BCUT2D eigenvalue weighted by atomic mass is 16.5. The Hall–Kier alpha value is -0.610. The molecule has 1 rings (SSSR count). The number of nitrogens with one attached hydrogen (secondary N) is 2. The number of carbonyl (C=O) groups is 1. The van der Waals surface area contributed by atoms with Gasteiger partial charge in [0, 0.05) is 19.7 Å². The van der Waals surface area contributed by atoms with E-state index in [0.717, 1.165) is 19.5 Å². The van der Waals surface area contributed by atoms with Gasteiger partial charge in [-0.15, -0.1) is 0 Å². The van der Waals surface area contributed by atoms with Crippen LogP contribution in [-0.4, -0.2) is 37.7 Å². The molecule has 88 valence electrons. The lowest BCUT2D eigenvalue weighted by Crippen LogP contribution is -2.53. The molecule has 1 amide bonds. The standard InChI is InChI=1S/C11H22N2O2/c1-8-5-9(7-12-6-8)13-10(14)11(2,3)15-4/h8-9,12H,5-7H2,1-4H3,(H,13,14). The first-order chi connectivity index (χ1) is 6.95. The number of amides is 1. The first-order valence-electron chi connectivity index (χ1n) is 5.52. The van der Waals surface area contributed by atoms with Crippen molar-refractivity contribution in [3.05, 3.63) is 0 Å². The highest BCUT2D eigenvalue weighted by Crippen LogP contribution is 2.12. The summed E-state index contributed by atoms with van der Waals surface area (Å²) >= 11 is 0. The molecule has 0 aromatic rings. The van der Waals surface area contributed by atoms with Crippen LogP contribution in [0, 0.1) is 5.92 Å². The molecule has 1 fully saturated rings. The first-order valence-corrected chi connectivity index (χ1v) is 5.52. The van der Waals surface area contributed by atoms with Gasteiger partial charge in [-0.3, -0.25) is 4.79 Å². The van der Waals surface area contributed by atoms with E-state index in [4.69, 9.17) is 4.74 Å². The minimum Gasteiger partial charge on any atom is -0.369 e. The highest BCUT2D eigenvalue weighted by molar-refractivity contribution is 5.84. The van der Waals surface area contributed by atoms with Gasteiger partial charge in [-0.1, -0.05) is 6.92 Å². The first kappa shape index (κ1) is 12.5. The molecule has 0 saturated carbocycles. The van der Waals surface area contributed by atoms with E-state index in [1.165, 1.54) is 0 Å². The van der Waals surface area contributed by atoms with E-state index in [2.05, 4.69) is 17.6 Å². The number of methoxy groups -OCH3 is 1. The van der Waals surface area contributed by atoms with Crippen molar-refractivity contribution in [2.45, 2.75) is 38.8 Å². The van der Waals surface area contributed by atoms with Crippen LogP contribution in [0.15, 0.2) is 0 Å². The van der Waals surface area contributed by atoms with E-state index in [1.54, 1.807) is 21.0 Å². The molecule has 0 aromatic heterocycles. The van der Waals surface area contributed by atoms with Gasteiger partial charge in [-0.25, -0.2) is 0 Å². The molecule has 0 bridgehead atoms. The molecule has 1 heterocycles. The molecule has 0 aromatic carbocycles. The van der Waals surface area contributed by atoms with Crippen LogP contribution in [-0.2, 0) is 9.53 Å². The third kappa shape index (κ3) is 3.47. The van der Waals surface area contributed by atoms with Gasteiger partial charge in [-0.2, -0.15) is 0 Å². The van der Waals surface area contributed by atoms with Crippen molar-refractivity contribution in [3.63, 3.8) is 0 Å². The van der Waals surface area contributed by atoms with Crippen molar-refractivity contribution in [1.29, 1.82) is 0 Å². The van der Waals surface area contributed by atoms with Crippen molar-refractivity contribution in [2.24, 2.45) is 5.92 Å². The Kier molecular flexibility index (Phi) is 4.11. The summed E-state index contributed by atoms with van der Waals surface area (Å²) in [5, 5.41) is 6.32. The SMILES string of the molecule is COC(C)(C)C(=O)NC1CNCC(C)C1. The third-order valence-corrected chi connectivity index (χ3v) is 2.96. The number of carbonyl (C=O) groups excluding carboxylic acids is 1. The largest absolute Gasteiger partial charge is 0.369 e. The molecule has 4 heteroatoms. The maximum absolute atomic E-state index is 11.8. The van der Waals surface area contributed by atoms with Crippen LogP contribution >= 0.6 is 0 Å². The van der Waals surface area contributed by atoms with E-state index < -0.39 is 5.60 Å². The van der Waals surface area contributed by atoms with Crippen LogP contribution in [0.25, 0.3) is 0 Å². The zero-order valence-corrected chi connectivity index (χ0v) is 10.1. The van der Waals surface area contributed by atoms with Crippen LogP contribution < -0.4 is 10.6 Å². The van der Waals surface area contributed by atoms with Crippen LogP contribution in [0.5, 0.6) is 0 Å². The zero-order valence-electron chi connectivity index (χ0n) is 10.1. The fraction of sp³-hybridized carbons (Fsp3) is 0.909. The van der Waals surface area contributed by atoms with Crippen molar-refractivity contribution >= 4 is 5.91 Å². The van der Waals surface area contributed by atoms with Crippen LogP contribution in [0.2, 0.25) is 0 Å². The van der Waals surface area contributed by atoms with E-state index in [1.807, 2.05) is 0 Å². The molecule has 1 saturated heterocycles. The number of rotatable bonds is 3. The topological polar surface area (TPSA) is 50.4 Å².